The molecule has 2 N–H and O–H groups in total. The zero-order valence-electron chi connectivity index (χ0n) is 8.91. The molecule has 0 amide bonds. The summed E-state index contributed by atoms with van der Waals surface area (Å²) in [5, 5.41) is 10.4. The molecule has 15 heavy (non-hydrogen) atoms. The molecule has 4 heteroatoms. The molecular weight excluding hydrogens is 188 g/mol. The minimum absolute atomic E-state index is 0.724. The van der Waals surface area contributed by atoms with E-state index in [4.69, 9.17) is 0 Å². The molecule has 0 aromatic carbocycles. The first-order valence-electron chi connectivity index (χ1n) is 4.92. The van der Waals surface area contributed by atoms with Crippen molar-refractivity contribution in [1.29, 1.82) is 0 Å². The van der Waals surface area contributed by atoms with Crippen LogP contribution in [0.15, 0.2) is 24.4 Å². The molecule has 0 saturated heterocycles. The average Bonchev–Trinajstić information content (AvgIpc) is 2.58. The zero-order valence-corrected chi connectivity index (χ0v) is 8.91. The van der Waals surface area contributed by atoms with Crippen molar-refractivity contribution in [3.63, 3.8) is 0 Å². The normalized spacial score (nSPS) is 10.3. The Labute approximate surface area is 88.8 Å². The molecule has 0 bridgehead atoms. The van der Waals surface area contributed by atoms with E-state index in [1.807, 2.05) is 32.0 Å². The van der Waals surface area contributed by atoms with Crippen LogP contribution in [0, 0.1) is 13.8 Å². The molecule has 0 aliphatic carbocycles. The van der Waals surface area contributed by atoms with Gasteiger partial charge < -0.3 is 5.32 Å². The predicted octanol–water partition coefficient (Wildman–Crippen LogP) is 2.03. The van der Waals surface area contributed by atoms with Gasteiger partial charge in [-0.2, -0.15) is 5.10 Å². The Morgan fingerprint density at radius 3 is 2.80 bits per heavy atom. The number of aromatic nitrogens is 3. The van der Waals surface area contributed by atoms with E-state index in [0.717, 1.165) is 29.3 Å². The van der Waals surface area contributed by atoms with Crippen LogP contribution in [-0.2, 0) is 6.54 Å². The van der Waals surface area contributed by atoms with Crippen LogP contribution in [0.25, 0.3) is 0 Å². The predicted molar refractivity (Wildman–Crippen MR) is 59.6 cm³/mol. The fourth-order valence-electron chi connectivity index (χ4n) is 1.49. The number of nitrogens with zero attached hydrogens (tertiary/aromatic N) is 2. The van der Waals surface area contributed by atoms with E-state index in [-0.39, 0.29) is 0 Å². The number of rotatable bonds is 3. The third kappa shape index (κ3) is 2.15. The second-order valence-corrected chi connectivity index (χ2v) is 3.48. The van der Waals surface area contributed by atoms with Gasteiger partial charge in [-0.3, -0.25) is 10.1 Å². The van der Waals surface area contributed by atoms with E-state index in [1.54, 1.807) is 6.20 Å². The SMILES string of the molecule is Cc1n[nH]c(C)c1NCc1ccccn1. The Balaban J connectivity index is 2.05. The van der Waals surface area contributed by atoms with Gasteiger partial charge in [0.25, 0.3) is 0 Å². The van der Waals surface area contributed by atoms with E-state index in [1.165, 1.54) is 0 Å². The van der Waals surface area contributed by atoms with Crippen molar-refractivity contribution in [2.45, 2.75) is 20.4 Å². The van der Waals surface area contributed by atoms with Gasteiger partial charge in [-0.25, -0.2) is 0 Å². The lowest BCUT2D eigenvalue weighted by atomic mass is 10.3. The van der Waals surface area contributed by atoms with Crippen molar-refractivity contribution in [2.24, 2.45) is 0 Å². The topological polar surface area (TPSA) is 53.6 Å². The van der Waals surface area contributed by atoms with Crippen molar-refractivity contribution in [2.75, 3.05) is 5.32 Å². The Morgan fingerprint density at radius 2 is 2.20 bits per heavy atom. The molecule has 2 rings (SSSR count). The van der Waals surface area contributed by atoms with Gasteiger partial charge in [-0.05, 0) is 26.0 Å². The van der Waals surface area contributed by atoms with Gasteiger partial charge in [0.05, 0.1) is 29.3 Å². The molecule has 2 aromatic heterocycles. The highest BCUT2D eigenvalue weighted by molar-refractivity contribution is 5.51. The standard InChI is InChI=1S/C11H14N4/c1-8-11(9(2)15-14-8)13-7-10-5-3-4-6-12-10/h3-6,13H,7H2,1-2H3,(H,14,15). The van der Waals surface area contributed by atoms with Crippen LogP contribution in [0.1, 0.15) is 17.1 Å². The largest absolute Gasteiger partial charge is 0.376 e. The summed E-state index contributed by atoms with van der Waals surface area (Å²) in [7, 11) is 0. The van der Waals surface area contributed by atoms with E-state index < -0.39 is 0 Å². The summed E-state index contributed by atoms with van der Waals surface area (Å²) in [5.74, 6) is 0. The first-order chi connectivity index (χ1) is 7.27. The van der Waals surface area contributed by atoms with Crippen LogP contribution in [0.3, 0.4) is 0 Å². The summed E-state index contributed by atoms with van der Waals surface area (Å²) in [4.78, 5) is 4.24. The molecule has 0 fully saturated rings. The van der Waals surface area contributed by atoms with Gasteiger partial charge >= 0.3 is 0 Å². The maximum Gasteiger partial charge on any atom is 0.0825 e. The van der Waals surface area contributed by atoms with Crippen LogP contribution in [0.4, 0.5) is 5.69 Å². The lowest BCUT2D eigenvalue weighted by Crippen LogP contribution is -2.02. The lowest BCUT2D eigenvalue weighted by molar-refractivity contribution is 1.02. The highest BCUT2D eigenvalue weighted by Gasteiger charge is 2.04. The molecular formula is C11H14N4. The highest BCUT2D eigenvalue weighted by Crippen LogP contribution is 2.16. The summed E-state index contributed by atoms with van der Waals surface area (Å²) in [6, 6.07) is 5.90. The molecule has 0 radical (unpaired) electrons. The van der Waals surface area contributed by atoms with Crippen molar-refractivity contribution in [3.05, 3.63) is 41.5 Å². The van der Waals surface area contributed by atoms with Crippen molar-refractivity contribution >= 4 is 5.69 Å². The summed E-state index contributed by atoms with van der Waals surface area (Å²) in [5.41, 5.74) is 4.14. The second kappa shape index (κ2) is 4.13. The summed E-state index contributed by atoms with van der Waals surface area (Å²) in [6.45, 7) is 4.70. The first kappa shape index (κ1) is 9.71. The van der Waals surface area contributed by atoms with Gasteiger partial charge in [0.15, 0.2) is 0 Å². The van der Waals surface area contributed by atoms with Crippen LogP contribution in [0.2, 0.25) is 0 Å². The Bertz CT molecular complexity index is 414. The van der Waals surface area contributed by atoms with Gasteiger partial charge in [0.1, 0.15) is 0 Å². The third-order valence-electron chi connectivity index (χ3n) is 2.30. The van der Waals surface area contributed by atoms with Crippen LogP contribution in [0.5, 0.6) is 0 Å². The van der Waals surface area contributed by atoms with Crippen LogP contribution >= 0.6 is 0 Å². The zero-order chi connectivity index (χ0) is 10.7. The first-order valence-corrected chi connectivity index (χ1v) is 4.92. The molecule has 0 aliphatic heterocycles. The number of nitrogens with one attached hydrogen (secondary N) is 2. The monoisotopic (exact) mass is 202 g/mol. The molecule has 0 spiro atoms. The van der Waals surface area contributed by atoms with E-state index in [9.17, 15) is 0 Å². The van der Waals surface area contributed by atoms with Crippen molar-refractivity contribution in [3.8, 4) is 0 Å². The summed E-state index contributed by atoms with van der Waals surface area (Å²) >= 11 is 0. The third-order valence-corrected chi connectivity index (χ3v) is 2.30. The molecule has 0 saturated carbocycles. The van der Waals surface area contributed by atoms with Crippen molar-refractivity contribution < 1.29 is 0 Å². The van der Waals surface area contributed by atoms with E-state index in [2.05, 4.69) is 20.5 Å². The quantitative estimate of drug-likeness (QED) is 0.800. The molecule has 2 aromatic rings. The minimum Gasteiger partial charge on any atom is -0.376 e. The molecule has 78 valence electrons. The molecule has 0 unspecified atom stereocenters. The number of anilines is 1. The second-order valence-electron chi connectivity index (χ2n) is 3.48. The minimum atomic E-state index is 0.724. The number of hydrogen-bond donors (Lipinski definition) is 2. The van der Waals surface area contributed by atoms with Crippen molar-refractivity contribution in [1.82, 2.24) is 15.2 Å². The number of pyridine rings is 1. The van der Waals surface area contributed by atoms with Gasteiger partial charge in [-0.15, -0.1) is 0 Å². The van der Waals surface area contributed by atoms with Gasteiger partial charge in [0.2, 0.25) is 0 Å². The van der Waals surface area contributed by atoms with Gasteiger partial charge in [0, 0.05) is 6.20 Å². The van der Waals surface area contributed by atoms with Crippen LogP contribution in [-0.4, -0.2) is 15.2 Å². The fraction of sp³-hybridized carbons (Fsp3) is 0.273. The fourth-order valence-corrected chi connectivity index (χ4v) is 1.49. The van der Waals surface area contributed by atoms with E-state index in [0.29, 0.717) is 0 Å². The maximum absolute atomic E-state index is 4.24. The van der Waals surface area contributed by atoms with Gasteiger partial charge in [-0.1, -0.05) is 6.07 Å². The maximum atomic E-state index is 4.24. The van der Waals surface area contributed by atoms with Crippen LogP contribution < -0.4 is 5.32 Å². The number of H-pyrrole nitrogens is 1. The average molecular weight is 202 g/mol. The van der Waals surface area contributed by atoms with E-state index >= 15 is 0 Å². The lowest BCUT2D eigenvalue weighted by Gasteiger charge is -2.05. The number of hydrogen-bond acceptors (Lipinski definition) is 3. The summed E-state index contributed by atoms with van der Waals surface area (Å²) < 4.78 is 0. The smallest absolute Gasteiger partial charge is 0.0825 e. The molecule has 2 heterocycles. The number of aromatic amines is 1. The number of aryl methyl sites for hydroxylation is 2. The Hall–Kier alpha value is -1.84. The Kier molecular flexibility index (Phi) is 2.67. The Morgan fingerprint density at radius 1 is 1.33 bits per heavy atom. The molecule has 0 aliphatic rings. The summed E-state index contributed by atoms with van der Waals surface area (Å²) in [6.07, 6.45) is 1.80. The molecule has 0 atom stereocenters. The highest BCUT2D eigenvalue weighted by atomic mass is 15.1. The molecule has 4 nitrogen and oxygen atoms in total.